The minimum atomic E-state index is -0.223. The number of thiophene rings is 1. The molecule has 0 aliphatic heterocycles. The first-order chi connectivity index (χ1) is 10.2. The summed E-state index contributed by atoms with van der Waals surface area (Å²) in [6, 6.07) is 9.01. The van der Waals surface area contributed by atoms with Crippen LogP contribution >= 0.6 is 11.3 Å². The van der Waals surface area contributed by atoms with E-state index in [9.17, 15) is 4.79 Å². The summed E-state index contributed by atoms with van der Waals surface area (Å²) in [5.41, 5.74) is 3.29. The Kier molecular flexibility index (Phi) is 5.34. The van der Waals surface area contributed by atoms with Crippen molar-refractivity contribution in [3.05, 3.63) is 46.2 Å². The number of nitrogens with zero attached hydrogens (tertiary/aromatic N) is 1. The zero-order valence-corrected chi connectivity index (χ0v) is 12.6. The van der Waals surface area contributed by atoms with Crippen molar-refractivity contribution in [3.63, 3.8) is 0 Å². The molecule has 0 radical (unpaired) electrons. The van der Waals surface area contributed by atoms with Crippen LogP contribution in [-0.2, 0) is 0 Å². The number of hydrogen-bond acceptors (Lipinski definition) is 5. The van der Waals surface area contributed by atoms with Gasteiger partial charge < -0.3 is 9.47 Å². The highest BCUT2D eigenvalue weighted by Crippen LogP contribution is 2.27. The largest absolute Gasteiger partial charge is 0.493 e. The van der Waals surface area contributed by atoms with E-state index in [1.54, 1.807) is 25.5 Å². The Hall–Kier alpha value is -2.34. The lowest BCUT2D eigenvalue weighted by Gasteiger charge is -2.09. The van der Waals surface area contributed by atoms with Crippen LogP contribution in [0.3, 0.4) is 0 Å². The summed E-state index contributed by atoms with van der Waals surface area (Å²) in [5.74, 6) is 1.09. The Morgan fingerprint density at radius 2 is 2.24 bits per heavy atom. The van der Waals surface area contributed by atoms with E-state index in [1.807, 2.05) is 30.5 Å². The van der Waals surface area contributed by atoms with Gasteiger partial charge >= 0.3 is 0 Å². The fourth-order valence-corrected chi connectivity index (χ4v) is 2.28. The number of benzene rings is 1. The number of ether oxygens (including phenoxy) is 2. The van der Waals surface area contributed by atoms with E-state index in [0.717, 1.165) is 5.56 Å². The van der Waals surface area contributed by atoms with E-state index in [1.165, 1.54) is 11.3 Å². The Morgan fingerprint density at radius 3 is 2.90 bits per heavy atom. The summed E-state index contributed by atoms with van der Waals surface area (Å²) >= 11 is 1.37. The van der Waals surface area contributed by atoms with E-state index in [0.29, 0.717) is 23.0 Å². The molecule has 0 fully saturated rings. The monoisotopic (exact) mass is 304 g/mol. The highest BCUT2D eigenvalue weighted by molar-refractivity contribution is 7.12. The molecule has 0 spiro atoms. The van der Waals surface area contributed by atoms with Crippen molar-refractivity contribution in [2.24, 2.45) is 5.10 Å². The smallest absolute Gasteiger partial charge is 0.281 e. The van der Waals surface area contributed by atoms with Crippen molar-refractivity contribution in [2.45, 2.75) is 6.92 Å². The molecular formula is C15H16N2O3S. The molecule has 1 heterocycles. The molecule has 1 N–H and O–H groups in total. The fraction of sp³-hybridized carbons (Fsp3) is 0.200. The van der Waals surface area contributed by atoms with E-state index < -0.39 is 0 Å². The zero-order chi connectivity index (χ0) is 15.1. The summed E-state index contributed by atoms with van der Waals surface area (Å²) in [7, 11) is 1.58. The number of methoxy groups -OCH3 is 1. The SMILES string of the molecule is CCOc1ccc(C=NNC(=O)c2cccs2)cc1OC. The molecule has 0 aliphatic rings. The predicted molar refractivity (Wildman–Crippen MR) is 83.5 cm³/mol. The van der Waals surface area contributed by atoms with Crippen LogP contribution in [0.15, 0.2) is 40.8 Å². The number of hydrogen-bond donors (Lipinski definition) is 1. The van der Waals surface area contributed by atoms with Gasteiger partial charge in [-0.3, -0.25) is 4.79 Å². The lowest BCUT2D eigenvalue weighted by Crippen LogP contribution is -2.16. The normalized spacial score (nSPS) is 10.6. The molecule has 1 aromatic heterocycles. The van der Waals surface area contributed by atoms with Crippen LogP contribution in [0.25, 0.3) is 0 Å². The minimum absolute atomic E-state index is 0.223. The van der Waals surface area contributed by atoms with Crippen molar-refractivity contribution in [2.75, 3.05) is 13.7 Å². The van der Waals surface area contributed by atoms with E-state index in [-0.39, 0.29) is 5.91 Å². The summed E-state index contributed by atoms with van der Waals surface area (Å²) in [4.78, 5) is 12.3. The first-order valence-corrected chi connectivity index (χ1v) is 7.30. The van der Waals surface area contributed by atoms with Crippen molar-refractivity contribution in [1.29, 1.82) is 0 Å². The lowest BCUT2D eigenvalue weighted by molar-refractivity contribution is 0.0959. The second-order valence-corrected chi connectivity index (χ2v) is 4.97. The fourth-order valence-electron chi connectivity index (χ4n) is 1.67. The van der Waals surface area contributed by atoms with Gasteiger partial charge in [0.05, 0.1) is 24.8 Å². The van der Waals surface area contributed by atoms with Gasteiger partial charge in [-0.2, -0.15) is 5.10 Å². The molecule has 1 amide bonds. The van der Waals surface area contributed by atoms with Gasteiger partial charge in [0, 0.05) is 0 Å². The first-order valence-electron chi connectivity index (χ1n) is 6.42. The molecule has 2 rings (SSSR count). The molecule has 1 aromatic carbocycles. The Balaban J connectivity index is 2.02. The van der Waals surface area contributed by atoms with E-state index >= 15 is 0 Å². The van der Waals surface area contributed by atoms with Crippen molar-refractivity contribution < 1.29 is 14.3 Å². The molecule has 0 saturated carbocycles. The Labute approximate surface area is 127 Å². The molecule has 110 valence electrons. The number of carbonyl (C=O) groups excluding carboxylic acids is 1. The van der Waals surface area contributed by atoms with Crippen LogP contribution in [0.2, 0.25) is 0 Å². The number of amides is 1. The maximum atomic E-state index is 11.7. The second-order valence-electron chi connectivity index (χ2n) is 4.02. The van der Waals surface area contributed by atoms with Crippen LogP contribution < -0.4 is 14.9 Å². The molecule has 6 heteroatoms. The highest BCUT2D eigenvalue weighted by atomic mass is 32.1. The van der Waals surface area contributed by atoms with Gasteiger partial charge in [-0.05, 0) is 42.1 Å². The first kappa shape index (κ1) is 15.1. The molecule has 0 saturated heterocycles. The van der Waals surface area contributed by atoms with Gasteiger partial charge in [0.15, 0.2) is 11.5 Å². The van der Waals surface area contributed by atoms with Crippen molar-refractivity contribution >= 4 is 23.5 Å². The predicted octanol–water partition coefficient (Wildman–Crippen LogP) is 2.92. The van der Waals surface area contributed by atoms with Crippen LogP contribution in [0, 0.1) is 0 Å². The molecule has 0 aliphatic carbocycles. The Morgan fingerprint density at radius 1 is 1.38 bits per heavy atom. The third-order valence-corrected chi connectivity index (χ3v) is 3.48. The number of carbonyl (C=O) groups is 1. The second kappa shape index (κ2) is 7.44. The highest BCUT2D eigenvalue weighted by Gasteiger charge is 2.05. The summed E-state index contributed by atoms with van der Waals surface area (Å²) in [5, 5.41) is 5.78. The van der Waals surface area contributed by atoms with E-state index in [2.05, 4.69) is 10.5 Å². The summed E-state index contributed by atoms with van der Waals surface area (Å²) < 4.78 is 10.7. The maximum absolute atomic E-state index is 11.7. The molecule has 0 bridgehead atoms. The topological polar surface area (TPSA) is 59.9 Å². The zero-order valence-electron chi connectivity index (χ0n) is 11.8. The van der Waals surface area contributed by atoms with Crippen LogP contribution in [-0.4, -0.2) is 25.8 Å². The van der Waals surface area contributed by atoms with Gasteiger partial charge in [0.1, 0.15) is 0 Å². The molecular weight excluding hydrogens is 288 g/mol. The third-order valence-electron chi connectivity index (χ3n) is 2.61. The van der Waals surface area contributed by atoms with Crippen LogP contribution in [0.4, 0.5) is 0 Å². The Bertz CT molecular complexity index is 624. The van der Waals surface area contributed by atoms with Crippen LogP contribution in [0.5, 0.6) is 11.5 Å². The van der Waals surface area contributed by atoms with Gasteiger partial charge in [-0.15, -0.1) is 11.3 Å². The van der Waals surface area contributed by atoms with E-state index in [4.69, 9.17) is 9.47 Å². The van der Waals surface area contributed by atoms with Crippen molar-refractivity contribution in [1.82, 2.24) is 5.43 Å². The quantitative estimate of drug-likeness (QED) is 0.659. The van der Waals surface area contributed by atoms with Gasteiger partial charge in [-0.25, -0.2) is 5.43 Å². The third kappa shape index (κ3) is 4.06. The lowest BCUT2D eigenvalue weighted by atomic mass is 10.2. The molecule has 0 atom stereocenters. The van der Waals surface area contributed by atoms with Gasteiger partial charge in [0.2, 0.25) is 0 Å². The molecule has 0 unspecified atom stereocenters. The van der Waals surface area contributed by atoms with Gasteiger partial charge in [0.25, 0.3) is 5.91 Å². The number of hydrazone groups is 1. The molecule has 2 aromatic rings. The molecule has 21 heavy (non-hydrogen) atoms. The van der Waals surface area contributed by atoms with Crippen LogP contribution in [0.1, 0.15) is 22.2 Å². The average Bonchev–Trinajstić information content (AvgIpc) is 3.03. The molecule has 5 nitrogen and oxygen atoms in total. The van der Waals surface area contributed by atoms with Gasteiger partial charge in [-0.1, -0.05) is 6.07 Å². The average molecular weight is 304 g/mol. The number of rotatable bonds is 6. The minimum Gasteiger partial charge on any atom is -0.493 e. The summed E-state index contributed by atoms with van der Waals surface area (Å²) in [6.07, 6.45) is 1.56. The standard InChI is InChI=1S/C15H16N2O3S/c1-3-20-12-7-6-11(9-13(12)19-2)10-16-17-15(18)14-5-4-8-21-14/h4-10H,3H2,1-2H3,(H,17,18). The maximum Gasteiger partial charge on any atom is 0.281 e. The van der Waals surface area contributed by atoms with Crippen molar-refractivity contribution in [3.8, 4) is 11.5 Å². The summed E-state index contributed by atoms with van der Waals surface area (Å²) in [6.45, 7) is 2.48. The number of nitrogens with one attached hydrogen (secondary N) is 1.